The topological polar surface area (TPSA) is 29.1 Å². The first-order valence-corrected chi connectivity index (χ1v) is 6.41. The number of benzene rings is 1. The quantitative estimate of drug-likeness (QED) is 0.839. The third kappa shape index (κ3) is 2.58. The Bertz CT molecular complexity index is 419. The van der Waals surface area contributed by atoms with Gasteiger partial charge in [0.1, 0.15) is 4.33 Å². The molecule has 2 nitrogen and oxygen atoms in total. The molecule has 1 saturated carbocycles. The monoisotopic (exact) mass is 271 g/mol. The maximum atomic E-state index is 11.9. The third-order valence-electron chi connectivity index (χ3n) is 3.30. The summed E-state index contributed by atoms with van der Waals surface area (Å²) in [5, 5.41) is 2.88. The van der Waals surface area contributed by atoms with E-state index in [1.54, 1.807) is 6.92 Å². The van der Waals surface area contributed by atoms with E-state index in [-0.39, 0.29) is 5.91 Å². The number of halogens is 2. The van der Waals surface area contributed by atoms with Crippen LogP contribution in [0.1, 0.15) is 18.9 Å². The molecule has 0 spiro atoms. The van der Waals surface area contributed by atoms with Gasteiger partial charge >= 0.3 is 0 Å². The van der Waals surface area contributed by atoms with Crippen LogP contribution in [0.5, 0.6) is 0 Å². The van der Waals surface area contributed by atoms with Gasteiger partial charge in [0, 0.05) is 6.54 Å². The van der Waals surface area contributed by atoms with E-state index in [1.165, 1.54) is 5.56 Å². The van der Waals surface area contributed by atoms with Crippen molar-refractivity contribution in [3.05, 3.63) is 35.9 Å². The van der Waals surface area contributed by atoms with Crippen molar-refractivity contribution in [2.45, 2.75) is 24.1 Å². The molecule has 1 amide bonds. The van der Waals surface area contributed by atoms with Crippen LogP contribution in [-0.4, -0.2) is 16.8 Å². The van der Waals surface area contributed by atoms with Crippen LogP contribution < -0.4 is 5.32 Å². The van der Waals surface area contributed by atoms with Gasteiger partial charge in [0.05, 0.1) is 5.41 Å². The second-order valence-electron chi connectivity index (χ2n) is 4.70. The SMILES string of the molecule is C[C@]1(C(=O)NCCc2ccccc2)CC1(Cl)Cl. The fourth-order valence-electron chi connectivity index (χ4n) is 1.81. The van der Waals surface area contributed by atoms with Gasteiger partial charge in [0.25, 0.3) is 0 Å². The lowest BCUT2D eigenvalue weighted by Gasteiger charge is -2.12. The maximum Gasteiger partial charge on any atom is 0.229 e. The Hall–Kier alpha value is -0.730. The summed E-state index contributed by atoms with van der Waals surface area (Å²) in [6, 6.07) is 10.0. The predicted molar refractivity (Wildman–Crippen MR) is 70.3 cm³/mol. The third-order valence-corrected chi connectivity index (χ3v) is 4.40. The Morgan fingerprint density at radius 1 is 1.35 bits per heavy atom. The molecule has 0 radical (unpaired) electrons. The van der Waals surface area contributed by atoms with Crippen molar-refractivity contribution in [3.8, 4) is 0 Å². The fourth-order valence-corrected chi connectivity index (χ4v) is 2.51. The van der Waals surface area contributed by atoms with Crippen LogP contribution in [-0.2, 0) is 11.2 Å². The lowest BCUT2D eigenvalue weighted by Crippen LogP contribution is -2.34. The highest BCUT2D eigenvalue weighted by atomic mass is 35.5. The molecule has 0 heterocycles. The van der Waals surface area contributed by atoms with Crippen LogP contribution in [0.15, 0.2) is 30.3 Å². The first kappa shape index (κ1) is 12.7. The number of carbonyl (C=O) groups excluding carboxylic acids is 1. The molecule has 0 unspecified atom stereocenters. The van der Waals surface area contributed by atoms with Crippen molar-refractivity contribution in [1.82, 2.24) is 5.32 Å². The van der Waals surface area contributed by atoms with Crippen molar-refractivity contribution in [3.63, 3.8) is 0 Å². The number of carbonyl (C=O) groups is 1. The van der Waals surface area contributed by atoms with E-state index >= 15 is 0 Å². The van der Waals surface area contributed by atoms with Crippen LogP contribution in [0.4, 0.5) is 0 Å². The Morgan fingerprint density at radius 3 is 2.47 bits per heavy atom. The lowest BCUT2D eigenvalue weighted by atomic mass is 10.1. The van der Waals surface area contributed by atoms with Crippen LogP contribution in [0.3, 0.4) is 0 Å². The number of hydrogen-bond donors (Lipinski definition) is 1. The van der Waals surface area contributed by atoms with Crippen molar-refractivity contribution in [2.75, 3.05) is 6.54 Å². The fraction of sp³-hybridized carbons (Fsp3) is 0.462. The summed E-state index contributed by atoms with van der Waals surface area (Å²) >= 11 is 11.9. The molecule has 2 rings (SSSR count). The number of rotatable bonds is 4. The summed E-state index contributed by atoms with van der Waals surface area (Å²) in [6.45, 7) is 2.41. The van der Waals surface area contributed by atoms with Gasteiger partial charge in [-0.3, -0.25) is 4.79 Å². The van der Waals surface area contributed by atoms with Gasteiger partial charge in [0.15, 0.2) is 0 Å². The van der Waals surface area contributed by atoms with E-state index in [1.807, 2.05) is 30.3 Å². The van der Waals surface area contributed by atoms with Crippen molar-refractivity contribution in [1.29, 1.82) is 0 Å². The van der Waals surface area contributed by atoms with E-state index in [4.69, 9.17) is 23.2 Å². The zero-order valence-electron chi connectivity index (χ0n) is 9.67. The molecule has 0 aliphatic heterocycles. The second-order valence-corrected chi connectivity index (χ2v) is 6.19. The molecule has 92 valence electrons. The molecule has 0 saturated heterocycles. The molecule has 0 aromatic heterocycles. The molecule has 17 heavy (non-hydrogen) atoms. The first-order valence-electron chi connectivity index (χ1n) is 5.66. The van der Waals surface area contributed by atoms with Gasteiger partial charge in [0.2, 0.25) is 5.91 Å². The molecule has 1 atom stereocenters. The lowest BCUT2D eigenvalue weighted by molar-refractivity contribution is -0.125. The summed E-state index contributed by atoms with van der Waals surface area (Å²) in [5.74, 6) is -0.0570. The highest BCUT2D eigenvalue weighted by molar-refractivity contribution is 6.53. The van der Waals surface area contributed by atoms with Gasteiger partial charge in [-0.2, -0.15) is 0 Å². The molecule has 1 aliphatic carbocycles. The van der Waals surface area contributed by atoms with E-state index < -0.39 is 9.75 Å². The van der Waals surface area contributed by atoms with Crippen LogP contribution in [0.2, 0.25) is 0 Å². The second kappa shape index (κ2) is 4.51. The highest BCUT2D eigenvalue weighted by Crippen LogP contribution is 2.63. The number of hydrogen-bond acceptors (Lipinski definition) is 1. The Balaban J connectivity index is 1.79. The zero-order chi connectivity index (χ0) is 12.5. The number of nitrogens with one attached hydrogen (secondary N) is 1. The molecule has 1 aromatic rings. The predicted octanol–water partition coefficient (Wildman–Crippen LogP) is 2.93. The van der Waals surface area contributed by atoms with E-state index in [0.717, 1.165) is 6.42 Å². The molecule has 1 aliphatic rings. The molecule has 1 N–H and O–H groups in total. The summed E-state index contributed by atoms with van der Waals surface area (Å²) in [4.78, 5) is 11.9. The Morgan fingerprint density at radius 2 is 1.94 bits per heavy atom. The van der Waals surface area contributed by atoms with Crippen LogP contribution in [0.25, 0.3) is 0 Å². The smallest absolute Gasteiger partial charge is 0.229 e. The molecule has 0 bridgehead atoms. The van der Waals surface area contributed by atoms with Gasteiger partial charge in [-0.05, 0) is 25.3 Å². The minimum absolute atomic E-state index is 0.0570. The molecular formula is C13H15Cl2NO. The zero-order valence-corrected chi connectivity index (χ0v) is 11.2. The highest BCUT2D eigenvalue weighted by Gasteiger charge is 2.67. The largest absolute Gasteiger partial charge is 0.355 e. The van der Waals surface area contributed by atoms with Crippen LogP contribution in [0, 0.1) is 5.41 Å². The molecular weight excluding hydrogens is 257 g/mol. The Kier molecular flexibility index (Phi) is 3.37. The summed E-state index contributed by atoms with van der Waals surface area (Å²) in [7, 11) is 0. The van der Waals surface area contributed by atoms with Gasteiger partial charge in [-0.15, -0.1) is 23.2 Å². The molecule has 4 heteroatoms. The normalized spacial score (nSPS) is 25.4. The average molecular weight is 272 g/mol. The van der Waals surface area contributed by atoms with E-state index in [9.17, 15) is 4.79 Å². The minimum Gasteiger partial charge on any atom is -0.355 e. The van der Waals surface area contributed by atoms with Gasteiger partial charge in [-0.1, -0.05) is 30.3 Å². The molecule has 1 aromatic carbocycles. The maximum absolute atomic E-state index is 11.9. The number of amides is 1. The summed E-state index contributed by atoms with van der Waals surface area (Å²) in [6.07, 6.45) is 1.35. The minimum atomic E-state index is -0.885. The summed E-state index contributed by atoms with van der Waals surface area (Å²) < 4.78 is -0.885. The van der Waals surface area contributed by atoms with E-state index in [0.29, 0.717) is 13.0 Å². The van der Waals surface area contributed by atoms with Gasteiger partial charge in [-0.25, -0.2) is 0 Å². The summed E-state index contributed by atoms with van der Waals surface area (Å²) in [5.41, 5.74) is 0.587. The number of alkyl halides is 2. The average Bonchev–Trinajstić information content (AvgIpc) is 2.81. The van der Waals surface area contributed by atoms with Crippen molar-refractivity contribution < 1.29 is 4.79 Å². The van der Waals surface area contributed by atoms with Crippen molar-refractivity contribution in [2.24, 2.45) is 5.41 Å². The van der Waals surface area contributed by atoms with Crippen LogP contribution >= 0.6 is 23.2 Å². The Labute approximate surface area is 111 Å². The molecule has 1 fully saturated rings. The van der Waals surface area contributed by atoms with Crippen molar-refractivity contribution >= 4 is 29.1 Å². The first-order chi connectivity index (χ1) is 7.96. The standard InChI is InChI=1S/C13H15Cl2NO/c1-12(9-13(12,14)15)11(17)16-8-7-10-5-3-2-4-6-10/h2-6H,7-9H2,1H3,(H,16,17)/t12-/m1/s1. The van der Waals surface area contributed by atoms with Gasteiger partial charge < -0.3 is 5.32 Å². The van der Waals surface area contributed by atoms with E-state index in [2.05, 4.69) is 5.32 Å².